The minimum atomic E-state index is -5.08. The minimum absolute atomic E-state index is 0.672. The van der Waals surface area contributed by atoms with E-state index in [1.54, 1.807) is 11.9 Å². The molecule has 0 amide bonds. The number of carbonyl (C=O) groups is 1. The molecule has 0 aromatic heterocycles. The predicted octanol–water partition coefficient (Wildman–Crippen LogP) is 2.67. The zero-order valence-corrected chi connectivity index (χ0v) is 12.0. The summed E-state index contributed by atoms with van der Waals surface area (Å²) in [6, 6.07) is 11.1. The van der Waals surface area contributed by atoms with Crippen molar-refractivity contribution >= 4 is 17.9 Å². The van der Waals surface area contributed by atoms with E-state index >= 15 is 0 Å². The van der Waals surface area contributed by atoms with Crippen molar-refractivity contribution in [3.63, 3.8) is 0 Å². The molecule has 1 fully saturated rings. The second kappa shape index (κ2) is 8.91. The fourth-order valence-electron chi connectivity index (χ4n) is 1.65. The Balaban J connectivity index is 0.000000270. The van der Waals surface area contributed by atoms with Crippen LogP contribution in [0.1, 0.15) is 12.8 Å². The first-order valence-electron chi connectivity index (χ1n) is 6.38. The molecule has 1 aromatic rings. The van der Waals surface area contributed by atoms with Crippen LogP contribution < -0.4 is 10.0 Å². The van der Waals surface area contributed by atoms with Gasteiger partial charge >= 0.3 is 12.1 Å². The molecule has 1 aliphatic heterocycles. The fourth-order valence-corrected chi connectivity index (χ4v) is 2.39. The third-order valence-electron chi connectivity index (χ3n) is 2.67. The lowest BCUT2D eigenvalue weighted by Gasteiger charge is -2.10. The highest BCUT2D eigenvalue weighted by Gasteiger charge is 2.38. The Morgan fingerprint density at radius 1 is 1.38 bits per heavy atom. The third-order valence-corrected chi connectivity index (χ3v) is 3.49. The number of carboxylic acid groups (broad SMARTS) is 1. The Kier molecular flexibility index (Phi) is 7.55. The van der Waals surface area contributed by atoms with E-state index < -0.39 is 12.1 Å². The summed E-state index contributed by atoms with van der Waals surface area (Å²) in [6.45, 7) is 2.24. The highest BCUT2D eigenvalue weighted by atomic mass is 32.2. The third kappa shape index (κ3) is 7.93. The van der Waals surface area contributed by atoms with E-state index in [4.69, 9.17) is 9.90 Å². The van der Waals surface area contributed by atoms with Gasteiger partial charge in [0.2, 0.25) is 0 Å². The van der Waals surface area contributed by atoms with Crippen LogP contribution in [0.5, 0.6) is 0 Å². The molecule has 4 nitrogen and oxygen atoms in total. The van der Waals surface area contributed by atoms with Crippen molar-refractivity contribution in [1.82, 2.24) is 10.0 Å². The summed E-state index contributed by atoms with van der Waals surface area (Å²) in [7, 11) is 0. The molecule has 1 aromatic carbocycles. The van der Waals surface area contributed by atoms with Gasteiger partial charge in [0.15, 0.2) is 0 Å². The monoisotopic (exact) mass is 322 g/mol. The minimum Gasteiger partial charge on any atom is -0.475 e. The van der Waals surface area contributed by atoms with Gasteiger partial charge in [-0.25, -0.2) is 4.79 Å². The Morgan fingerprint density at radius 3 is 2.48 bits per heavy atom. The Hall–Kier alpha value is -1.25. The van der Waals surface area contributed by atoms with Crippen molar-refractivity contribution in [3.05, 3.63) is 30.3 Å². The number of rotatable bonds is 4. The lowest BCUT2D eigenvalue weighted by molar-refractivity contribution is -0.192. The van der Waals surface area contributed by atoms with Crippen molar-refractivity contribution in [2.45, 2.75) is 30.0 Å². The van der Waals surface area contributed by atoms with Gasteiger partial charge in [-0.05, 0) is 43.5 Å². The van der Waals surface area contributed by atoms with E-state index in [0.717, 1.165) is 6.54 Å². The van der Waals surface area contributed by atoms with Gasteiger partial charge in [-0.3, -0.25) is 4.72 Å². The molecule has 8 heteroatoms. The van der Waals surface area contributed by atoms with Crippen LogP contribution in [0, 0.1) is 0 Å². The molecule has 0 bridgehead atoms. The second-order valence-electron chi connectivity index (χ2n) is 4.36. The van der Waals surface area contributed by atoms with Gasteiger partial charge in [0.25, 0.3) is 0 Å². The van der Waals surface area contributed by atoms with Crippen LogP contribution in [-0.4, -0.2) is 36.4 Å². The van der Waals surface area contributed by atoms with Crippen LogP contribution in [0.2, 0.25) is 0 Å². The standard InChI is InChI=1S/C11H16N2S.C2HF3O2/c1-2-6-11(7-3-1)14-13-9-10-5-4-8-12-10;3-2(4,5)1(6)7/h1-3,6-7,10,12-13H,4-5,8-9H2;(H,6,7). The van der Waals surface area contributed by atoms with Crippen LogP contribution in [0.4, 0.5) is 13.2 Å². The molecule has 3 N–H and O–H groups in total. The molecule has 2 rings (SSSR count). The van der Waals surface area contributed by atoms with E-state index in [1.165, 1.54) is 24.3 Å². The summed E-state index contributed by atoms with van der Waals surface area (Å²) in [5.41, 5.74) is 0. The lowest BCUT2D eigenvalue weighted by Crippen LogP contribution is -2.30. The fraction of sp³-hybridized carbons (Fsp3) is 0.462. The van der Waals surface area contributed by atoms with Crippen LogP contribution in [-0.2, 0) is 4.79 Å². The molecule has 1 heterocycles. The van der Waals surface area contributed by atoms with Crippen molar-refractivity contribution < 1.29 is 23.1 Å². The van der Waals surface area contributed by atoms with E-state index in [-0.39, 0.29) is 0 Å². The summed E-state index contributed by atoms with van der Waals surface area (Å²) in [4.78, 5) is 10.2. The Labute approximate surface area is 125 Å². The van der Waals surface area contributed by atoms with Crippen LogP contribution >= 0.6 is 11.9 Å². The number of hydrogen-bond acceptors (Lipinski definition) is 4. The average molecular weight is 322 g/mol. The maximum absolute atomic E-state index is 10.6. The molecule has 0 radical (unpaired) electrons. The van der Waals surface area contributed by atoms with Crippen molar-refractivity contribution in [2.24, 2.45) is 0 Å². The molecule has 0 aliphatic carbocycles. The quantitative estimate of drug-likeness (QED) is 0.744. The smallest absolute Gasteiger partial charge is 0.475 e. The summed E-state index contributed by atoms with van der Waals surface area (Å²) in [5.74, 6) is -2.76. The Morgan fingerprint density at radius 2 is 2.00 bits per heavy atom. The maximum atomic E-state index is 10.6. The molecule has 21 heavy (non-hydrogen) atoms. The molecule has 1 atom stereocenters. The van der Waals surface area contributed by atoms with Crippen LogP contribution in [0.3, 0.4) is 0 Å². The Bertz CT molecular complexity index is 423. The highest BCUT2D eigenvalue weighted by molar-refractivity contribution is 7.97. The van der Waals surface area contributed by atoms with E-state index in [1.807, 2.05) is 6.07 Å². The zero-order valence-electron chi connectivity index (χ0n) is 11.2. The van der Waals surface area contributed by atoms with Gasteiger partial charge in [-0.1, -0.05) is 18.2 Å². The number of alkyl halides is 3. The molecule has 1 aliphatic rings. The summed E-state index contributed by atoms with van der Waals surface area (Å²) in [6.07, 6.45) is -2.45. The van der Waals surface area contributed by atoms with Gasteiger partial charge < -0.3 is 10.4 Å². The summed E-state index contributed by atoms with van der Waals surface area (Å²) >= 11 is 1.72. The van der Waals surface area contributed by atoms with Crippen LogP contribution in [0.25, 0.3) is 0 Å². The number of aliphatic carboxylic acids is 1. The highest BCUT2D eigenvalue weighted by Crippen LogP contribution is 2.14. The van der Waals surface area contributed by atoms with E-state index in [0.29, 0.717) is 6.04 Å². The first-order chi connectivity index (χ1) is 9.89. The topological polar surface area (TPSA) is 61.4 Å². The molecule has 1 saturated heterocycles. The van der Waals surface area contributed by atoms with E-state index in [2.05, 4.69) is 34.3 Å². The van der Waals surface area contributed by atoms with Gasteiger partial charge in [-0.15, -0.1) is 0 Å². The summed E-state index contributed by atoms with van der Waals surface area (Å²) in [5, 5.41) is 10.6. The zero-order chi connectivity index (χ0) is 15.7. The largest absolute Gasteiger partial charge is 0.490 e. The first kappa shape index (κ1) is 17.8. The SMILES string of the molecule is O=C(O)C(F)(F)F.c1ccc(SNCC2CCCN2)cc1. The number of carboxylic acids is 1. The number of hydrogen-bond donors (Lipinski definition) is 3. The first-order valence-corrected chi connectivity index (χ1v) is 7.19. The van der Waals surface area contributed by atoms with Crippen LogP contribution in [0.15, 0.2) is 35.2 Å². The molecule has 1 unspecified atom stereocenters. The van der Waals surface area contributed by atoms with Crippen molar-refractivity contribution in [1.29, 1.82) is 0 Å². The van der Waals surface area contributed by atoms with Gasteiger partial charge in [0.05, 0.1) is 0 Å². The van der Waals surface area contributed by atoms with Crippen molar-refractivity contribution in [3.8, 4) is 0 Å². The number of benzene rings is 1. The number of nitrogens with one attached hydrogen (secondary N) is 2. The maximum Gasteiger partial charge on any atom is 0.490 e. The van der Waals surface area contributed by atoms with Gasteiger partial charge in [0, 0.05) is 17.5 Å². The normalized spacial score (nSPS) is 18.0. The van der Waals surface area contributed by atoms with E-state index in [9.17, 15) is 13.2 Å². The molecular formula is C13H17F3N2O2S. The lowest BCUT2D eigenvalue weighted by atomic mass is 10.2. The molecular weight excluding hydrogens is 305 g/mol. The molecule has 0 saturated carbocycles. The van der Waals surface area contributed by atoms with Crippen molar-refractivity contribution in [2.75, 3.05) is 13.1 Å². The second-order valence-corrected chi connectivity index (χ2v) is 5.32. The predicted molar refractivity (Wildman–Crippen MR) is 75.0 cm³/mol. The summed E-state index contributed by atoms with van der Waals surface area (Å²) < 4.78 is 35.1. The molecule has 118 valence electrons. The number of halogens is 3. The average Bonchev–Trinajstić information content (AvgIpc) is 2.93. The van der Waals surface area contributed by atoms with Gasteiger partial charge in [0.1, 0.15) is 0 Å². The van der Waals surface area contributed by atoms with Gasteiger partial charge in [-0.2, -0.15) is 13.2 Å². The molecule has 0 spiro atoms.